The Bertz CT molecular complexity index is 244. The highest BCUT2D eigenvalue weighted by atomic mass is 35.5. The molecule has 0 aliphatic carbocycles. The molecule has 0 aromatic rings. The van der Waals surface area contributed by atoms with Crippen molar-refractivity contribution >= 4 is 30.7 Å². The highest BCUT2D eigenvalue weighted by Gasteiger charge is 2.19. The van der Waals surface area contributed by atoms with Crippen LogP contribution in [0.2, 0.25) is 0 Å². The van der Waals surface area contributed by atoms with Gasteiger partial charge in [-0.25, -0.2) is 0 Å². The molecular formula is C13H29Cl2N3O. The van der Waals surface area contributed by atoms with Crippen LogP contribution in [0, 0.1) is 11.8 Å². The summed E-state index contributed by atoms with van der Waals surface area (Å²) in [6.45, 7) is 7.09. The van der Waals surface area contributed by atoms with Crippen molar-refractivity contribution in [1.29, 1.82) is 0 Å². The first-order valence-corrected chi connectivity index (χ1v) is 6.72. The molecule has 3 N–H and O–H groups in total. The lowest BCUT2D eigenvalue weighted by atomic mass is 9.94. The molecule has 0 radical (unpaired) electrons. The molecule has 1 unspecified atom stereocenters. The molecule has 1 saturated heterocycles. The first kappa shape index (κ1) is 21.3. The third-order valence-corrected chi connectivity index (χ3v) is 3.71. The Morgan fingerprint density at radius 3 is 2.32 bits per heavy atom. The third-order valence-electron chi connectivity index (χ3n) is 3.71. The molecule has 1 aliphatic rings. The highest BCUT2D eigenvalue weighted by Crippen LogP contribution is 2.18. The first-order chi connectivity index (χ1) is 8.00. The van der Waals surface area contributed by atoms with Crippen LogP contribution in [0.1, 0.15) is 33.1 Å². The van der Waals surface area contributed by atoms with Gasteiger partial charge >= 0.3 is 0 Å². The minimum absolute atomic E-state index is 0. The standard InChI is InChI=1S/C13H27N3O.2ClH/c1-10(2)12(14)13(17)15-7-4-11-5-8-16(3)9-6-11;;/h10-12H,4-9,14H2,1-3H3,(H,15,17);2*1H. The zero-order valence-electron chi connectivity index (χ0n) is 12.2. The van der Waals surface area contributed by atoms with E-state index in [0.717, 1.165) is 18.9 Å². The molecule has 4 nitrogen and oxygen atoms in total. The zero-order valence-corrected chi connectivity index (χ0v) is 13.9. The molecule has 1 heterocycles. The molecule has 0 bridgehead atoms. The van der Waals surface area contributed by atoms with Gasteiger partial charge in [-0.05, 0) is 51.2 Å². The molecule has 1 amide bonds. The molecule has 0 aromatic carbocycles. The average Bonchev–Trinajstić information content (AvgIpc) is 2.30. The molecule has 1 fully saturated rings. The SMILES string of the molecule is CC(C)C(N)C(=O)NCCC1CCN(C)CC1.Cl.Cl. The van der Waals surface area contributed by atoms with Crippen molar-refractivity contribution in [3.63, 3.8) is 0 Å². The van der Waals surface area contributed by atoms with Gasteiger partial charge in [-0.3, -0.25) is 4.79 Å². The zero-order chi connectivity index (χ0) is 12.8. The van der Waals surface area contributed by atoms with Crippen LogP contribution < -0.4 is 11.1 Å². The van der Waals surface area contributed by atoms with Gasteiger partial charge in [0, 0.05) is 6.54 Å². The predicted molar refractivity (Wildman–Crippen MR) is 85.2 cm³/mol. The summed E-state index contributed by atoms with van der Waals surface area (Å²) in [7, 11) is 2.17. The summed E-state index contributed by atoms with van der Waals surface area (Å²) in [4.78, 5) is 14.0. The second kappa shape index (κ2) is 10.7. The lowest BCUT2D eigenvalue weighted by molar-refractivity contribution is -0.123. The maximum absolute atomic E-state index is 11.6. The van der Waals surface area contributed by atoms with E-state index in [2.05, 4.69) is 17.3 Å². The van der Waals surface area contributed by atoms with Gasteiger partial charge in [0.25, 0.3) is 0 Å². The van der Waals surface area contributed by atoms with Crippen LogP contribution in [-0.2, 0) is 4.79 Å². The number of carbonyl (C=O) groups excluding carboxylic acids is 1. The molecule has 1 rings (SSSR count). The van der Waals surface area contributed by atoms with Crippen molar-refractivity contribution in [2.45, 2.75) is 39.2 Å². The number of amides is 1. The molecule has 116 valence electrons. The molecule has 1 aliphatic heterocycles. The fourth-order valence-corrected chi connectivity index (χ4v) is 2.17. The van der Waals surface area contributed by atoms with Gasteiger partial charge in [0.05, 0.1) is 6.04 Å². The second-order valence-corrected chi connectivity index (χ2v) is 5.60. The van der Waals surface area contributed by atoms with Crippen LogP contribution in [0.15, 0.2) is 0 Å². The van der Waals surface area contributed by atoms with E-state index in [9.17, 15) is 4.79 Å². The number of rotatable bonds is 5. The summed E-state index contributed by atoms with van der Waals surface area (Å²) < 4.78 is 0. The van der Waals surface area contributed by atoms with Crippen LogP contribution in [0.5, 0.6) is 0 Å². The van der Waals surface area contributed by atoms with Gasteiger partial charge in [-0.15, -0.1) is 24.8 Å². The fraction of sp³-hybridized carbons (Fsp3) is 0.923. The van der Waals surface area contributed by atoms with E-state index in [-0.39, 0.29) is 42.7 Å². The van der Waals surface area contributed by atoms with Crippen molar-refractivity contribution in [1.82, 2.24) is 10.2 Å². The lowest BCUT2D eigenvalue weighted by Gasteiger charge is -2.29. The summed E-state index contributed by atoms with van der Waals surface area (Å²) >= 11 is 0. The summed E-state index contributed by atoms with van der Waals surface area (Å²) in [6.07, 6.45) is 3.59. The largest absolute Gasteiger partial charge is 0.355 e. The first-order valence-electron chi connectivity index (χ1n) is 6.72. The molecule has 0 saturated carbocycles. The average molecular weight is 314 g/mol. The van der Waals surface area contributed by atoms with Gasteiger partial charge < -0.3 is 16.0 Å². The molecule has 0 aromatic heterocycles. The molecule has 6 heteroatoms. The third kappa shape index (κ3) is 7.98. The fourth-order valence-electron chi connectivity index (χ4n) is 2.17. The number of hydrogen-bond donors (Lipinski definition) is 2. The van der Waals surface area contributed by atoms with Crippen LogP contribution >= 0.6 is 24.8 Å². The van der Waals surface area contributed by atoms with Crippen molar-refractivity contribution in [3.05, 3.63) is 0 Å². The van der Waals surface area contributed by atoms with Gasteiger partial charge in [-0.1, -0.05) is 13.8 Å². The molecule has 1 atom stereocenters. The van der Waals surface area contributed by atoms with Crippen LogP contribution in [0.3, 0.4) is 0 Å². The Labute approximate surface area is 129 Å². The minimum atomic E-state index is -0.368. The number of nitrogens with zero attached hydrogens (tertiary/aromatic N) is 1. The van der Waals surface area contributed by atoms with Gasteiger partial charge in [0.1, 0.15) is 0 Å². The molecule has 19 heavy (non-hydrogen) atoms. The normalized spacial score (nSPS) is 18.4. The van der Waals surface area contributed by atoms with Gasteiger partial charge in [-0.2, -0.15) is 0 Å². The van der Waals surface area contributed by atoms with E-state index >= 15 is 0 Å². The van der Waals surface area contributed by atoms with E-state index in [1.54, 1.807) is 0 Å². The number of hydrogen-bond acceptors (Lipinski definition) is 3. The van der Waals surface area contributed by atoms with Crippen molar-refractivity contribution in [2.75, 3.05) is 26.7 Å². The lowest BCUT2D eigenvalue weighted by Crippen LogP contribution is -2.44. The molecular weight excluding hydrogens is 285 g/mol. The smallest absolute Gasteiger partial charge is 0.237 e. The Morgan fingerprint density at radius 1 is 1.32 bits per heavy atom. The predicted octanol–water partition coefficient (Wildman–Crippen LogP) is 1.66. The number of nitrogens with one attached hydrogen (secondary N) is 1. The maximum atomic E-state index is 11.6. The van der Waals surface area contributed by atoms with Gasteiger partial charge in [0.2, 0.25) is 5.91 Å². The van der Waals surface area contributed by atoms with Crippen molar-refractivity contribution in [3.8, 4) is 0 Å². The van der Waals surface area contributed by atoms with E-state index < -0.39 is 0 Å². The Kier molecular flexibility index (Phi) is 12.0. The van der Waals surface area contributed by atoms with E-state index in [4.69, 9.17) is 5.73 Å². The summed E-state index contributed by atoms with van der Waals surface area (Å²) in [5, 5.41) is 2.94. The van der Waals surface area contributed by atoms with E-state index in [1.807, 2.05) is 13.8 Å². The summed E-state index contributed by atoms with van der Waals surface area (Å²) in [5.74, 6) is 0.966. The summed E-state index contributed by atoms with van der Waals surface area (Å²) in [5.41, 5.74) is 5.78. The Balaban J connectivity index is 0. The van der Waals surface area contributed by atoms with Crippen LogP contribution in [0.4, 0.5) is 0 Å². The van der Waals surface area contributed by atoms with E-state index in [1.165, 1.54) is 25.9 Å². The minimum Gasteiger partial charge on any atom is -0.355 e. The topological polar surface area (TPSA) is 58.4 Å². The maximum Gasteiger partial charge on any atom is 0.237 e. The van der Waals surface area contributed by atoms with Crippen LogP contribution in [0.25, 0.3) is 0 Å². The monoisotopic (exact) mass is 313 g/mol. The number of piperidine rings is 1. The summed E-state index contributed by atoms with van der Waals surface area (Å²) in [6, 6.07) is -0.368. The van der Waals surface area contributed by atoms with Crippen molar-refractivity contribution < 1.29 is 4.79 Å². The van der Waals surface area contributed by atoms with E-state index in [0.29, 0.717) is 0 Å². The Morgan fingerprint density at radius 2 is 1.84 bits per heavy atom. The quantitative estimate of drug-likeness (QED) is 0.811. The van der Waals surface area contributed by atoms with Gasteiger partial charge in [0.15, 0.2) is 0 Å². The number of likely N-dealkylation sites (tertiary alicyclic amines) is 1. The molecule has 0 spiro atoms. The Hall–Kier alpha value is -0.0300. The highest BCUT2D eigenvalue weighted by molar-refractivity contribution is 5.85. The van der Waals surface area contributed by atoms with Crippen LogP contribution in [-0.4, -0.2) is 43.5 Å². The number of carbonyl (C=O) groups is 1. The number of halogens is 2. The number of nitrogens with two attached hydrogens (primary N) is 1. The van der Waals surface area contributed by atoms with Crippen molar-refractivity contribution in [2.24, 2.45) is 17.6 Å². The second-order valence-electron chi connectivity index (χ2n) is 5.60.